The predicted molar refractivity (Wildman–Crippen MR) is 100 cm³/mol. The zero-order chi connectivity index (χ0) is 19.4. The molecule has 1 fully saturated rings. The summed E-state index contributed by atoms with van der Waals surface area (Å²) in [5.41, 5.74) is 0.0617. The second-order valence-corrected chi connectivity index (χ2v) is 6.64. The normalized spacial score (nSPS) is 15.4. The van der Waals surface area contributed by atoms with Crippen molar-refractivity contribution in [1.29, 1.82) is 0 Å². The number of piperidine rings is 1. The molecule has 2 aromatic rings. The topological polar surface area (TPSA) is 44.4 Å². The first-order valence-corrected chi connectivity index (χ1v) is 8.87. The van der Waals surface area contributed by atoms with E-state index in [2.05, 4.69) is 15.5 Å². The fourth-order valence-corrected chi connectivity index (χ4v) is 3.33. The number of halogens is 3. The number of hydrogen-bond donors (Lipinski definition) is 2. The van der Waals surface area contributed by atoms with Gasteiger partial charge in [0, 0.05) is 24.5 Å². The largest absolute Gasteiger partial charge is 0.417 e. The summed E-state index contributed by atoms with van der Waals surface area (Å²) in [6, 6.07) is 12.4. The quantitative estimate of drug-likeness (QED) is 0.842. The molecular weight excluding hydrogens is 355 g/mol. The first-order valence-electron chi connectivity index (χ1n) is 8.87. The summed E-state index contributed by atoms with van der Waals surface area (Å²) < 4.78 is 39.4. The third-order valence-corrected chi connectivity index (χ3v) is 4.84. The lowest BCUT2D eigenvalue weighted by Crippen LogP contribution is -2.41. The number of amides is 1. The van der Waals surface area contributed by atoms with Gasteiger partial charge < -0.3 is 15.5 Å². The Balaban J connectivity index is 1.78. The van der Waals surface area contributed by atoms with Crippen molar-refractivity contribution in [3.8, 4) is 0 Å². The maximum atomic E-state index is 13.1. The molecule has 7 heteroatoms. The Morgan fingerprint density at radius 2 is 1.81 bits per heavy atom. The Morgan fingerprint density at radius 1 is 1.11 bits per heavy atom. The fraction of sp³-hybridized carbons (Fsp3) is 0.350. The first-order chi connectivity index (χ1) is 12.9. The van der Waals surface area contributed by atoms with Crippen LogP contribution in [-0.4, -0.2) is 32.1 Å². The van der Waals surface area contributed by atoms with Crippen LogP contribution >= 0.6 is 0 Å². The molecule has 27 heavy (non-hydrogen) atoms. The molecule has 0 unspecified atom stereocenters. The highest BCUT2D eigenvalue weighted by molar-refractivity contribution is 6.05. The molecule has 2 N–H and O–H groups in total. The van der Waals surface area contributed by atoms with Crippen LogP contribution in [-0.2, 0) is 6.18 Å². The van der Waals surface area contributed by atoms with Crippen molar-refractivity contribution in [2.45, 2.75) is 25.1 Å². The van der Waals surface area contributed by atoms with Crippen LogP contribution in [0.5, 0.6) is 0 Å². The van der Waals surface area contributed by atoms with Gasteiger partial charge in [-0.1, -0.05) is 18.2 Å². The van der Waals surface area contributed by atoms with Crippen LogP contribution in [0, 0.1) is 0 Å². The van der Waals surface area contributed by atoms with Crippen molar-refractivity contribution in [3.05, 3.63) is 59.7 Å². The number of carbonyl (C=O) groups is 1. The molecule has 0 saturated carbocycles. The van der Waals surface area contributed by atoms with E-state index in [0.29, 0.717) is 11.7 Å². The molecule has 1 heterocycles. The average Bonchev–Trinajstić information content (AvgIpc) is 2.67. The molecular formula is C20H22F3N3O. The minimum atomic E-state index is -4.58. The van der Waals surface area contributed by atoms with Crippen molar-refractivity contribution < 1.29 is 18.0 Å². The van der Waals surface area contributed by atoms with E-state index in [1.807, 2.05) is 13.1 Å². The Hall–Kier alpha value is -2.54. The van der Waals surface area contributed by atoms with Gasteiger partial charge in [-0.3, -0.25) is 4.79 Å². The summed E-state index contributed by atoms with van der Waals surface area (Å²) in [5, 5.41) is 5.91. The molecule has 4 nitrogen and oxygen atoms in total. The molecule has 3 rings (SSSR count). The Bertz CT molecular complexity index is 801. The molecule has 0 aliphatic carbocycles. The number of hydrogen-bond acceptors (Lipinski definition) is 3. The average molecular weight is 377 g/mol. The van der Waals surface area contributed by atoms with Gasteiger partial charge >= 0.3 is 6.18 Å². The molecule has 0 aromatic heterocycles. The van der Waals surface area contributed by atoms with E-state index in [4.69, 9.17) is 0 Å². The third-order valence-electron chi connectivity index (χ3n) is 4.84. The second-order valence-electron chi connectivity index (χ2n) is 6.64. The third kappa shape index (κ3) is 4.60. The van der Waals surface area contributed by atoms with E-state index in [0.717, 1.165) is 37.7 Å². The fourth-order valence-electron chi connectivity index (χ4n) is 3.33. The van der Waals surface area contributed by atoms with E-state index < -0.39 is 17.6 Å². The number of anilines is 2. The standard InChI is InChI=1S/C20H22F3N3O/c1-26(15-9-11-24-12-10-15)16-6-4-5-14(13-16)25-19(27)17-7-2-3-8-18(17)20(21,22)23/h2-8,13,15,24H,9-12H2,1H3,(H,25,27). The van der Waals surface area contributed by atoms with Gasteiger partial charge in [0.1, 0.15) is 0 Å². The monoisotopic (exact) mass is 377 g/mol. The Kier molecular flexibility index (Phi) is 5.70. The molecule has 1 aliphatic heterocycles. The SMILES string of the molecule is CN(c1cccc(NC(=O)c2ccccc2C(F)(F)F)c1)C1CCNCC1. The maximum absolute atomic E-state index is 13.1. The van der Waals surface area contributed by atoms with Crippen LogP contribution in [0.4, 0.5) is 24.5 Å². The van der Waals surface area contributed by atoms with Crippen molar-refractivity contribution in [3.63, 3.8) is 0 Å². The summed E-state index contributed by atoms with van der Waals surface area (Å²) in [4.78, 5) is 14.6. The van der Waals surface area contributed by atoms with Gasteiger partial charge in [-0.15, -0.1) is 0 Å². The van der Waals surface area contributed by atoms with Crippen molar-refractivity contribution in [1.82, 2.24) is 5.32 Å². The Morgan fingerprint density at radius 3 is 2.52 bits per heavy atom. The highest BCUT2D eigenvalue weighted by Gasteiger charge is 2.34. The van der Waals surface area contributed by atoms with Gasteiger partial charge in [-0.25, -0.2) is 0 Å². The molecule has 0 bridgehead atoms. The van der Waals surface area contributed by atoms with Crippen LogP contribution < -0.4 is 15.5 Å². The van der Waals surface area contributed by atoms with Crippen LogP contribution in [0.1, 0.15) is 28.8 Å². The zero-order valence-corrected chi connectivity index (χ0v) is 15.0. The second kappa shape index (κ2) is 8.00. The van der Waals surface area contributed by atoms with E-state index in [-0.39, 0.29) is 5.56 Å². The molecule has 1 amide bonds. The molecule has 1 saturated heterocycles. The minimum absolute atomic E-state index is 0.387. The maximum Gasteiger partial charge on any atom is 0.417 e. The highest BCUT2D eigenvalue weighted by atomic mass is 19.4. The number of benzene rings is 2. The lowest BCUT2D eigenvalue weighted by molar-refractivity contribution is -0.137. The van der Waals surface area contributed by atoms with E-state index >= 15 is 0 Å². The van der Waals surface area contributed by atoms with Crippen LogP contribution in [0.25, 0.3) is 0 Å². The van der Waals surface area contributed by atoms with Crippen molar-refractivity contribution in [2.75, 3.05) is 30.4 Å². The predicted octanol–water partition coefficient (Wildman–Crippen LogP) is 4.15. The van der Waals surface area contributed by atoms with Crippen molar-refractivity contribution >= 4 is 17.3 Å². The van der Waals surface area contributed by atoms with E-state index in [1.54, 1.807) is 18.2 Å². The van der Waals surface area contributed by atoms with Crippen LogP contribution in [0.2, 0.25) is 0 Å². The number of carbonyl (C=O) groups excluding carboxylic acids is 1. The zero-order valence-electron chi connectivity index (χ0n) is 15.0. The van der Waals surface area contributed by atoms with Gasteiger partial charge in [0.15, 0.2) is 0 Å². The van der Waals surface area contributed by atoms with Gasteiger partial charge in [0.25, 0.3) is 5.91 Å². The summed E-state index contributed by atoms with van der Waals surface area (Å²) in [6.45, 7) is 1.92. The smallest absolute Gasteiger partial charge is 0.371 e. The van der Waals surface area contributed by atoms with Gasteiger partial charge in [-0.2, -0.15) is 13.2 Å². The molecule has 0 radical (unpaired) electrons. The van der Waals surface area contributed by atoms with Crippen LogP contribution in [0.3, 0.4) is 0 Å². The number of nitrogens with one attached hydrogen (secondary N) is 2. The summed E-state index contributed by atoms with van der Waals surface area (Å²) >= 11 is 0. The van der Waals surface area contributed by atoms with Gasteiger partial charge in [0.05, 0.1) is 11.1 Å². The summed E-state index contributed by atoms with van der Waals surface area (Å²) in [5.74, 6) is -0.774. The summed E-state index contributed by atoms with van der Waals surface area (Å²) in [6.07, 6.45) is -2.54. The molecule has 2 aromatic carbocycles. The number of alkyl halides is 3. The minimum Gasteiger partial charge on any atom is -0.371 e. The summed E-state index contributed by atoms with van der Waals surface area (Å²) in [7, 11) is 2.00. The molecule has 144 valence electrons. The van der Waals surface area contributed by atoms with E-state index in [9.17, 15) is 18.0 Å². The number of nitrogens with zero attached hydrogens (tertiary/aromatic N) is 1. The Labute approximate surface area is 156 Å². The van der Waals surface area contributed by atoms with Crippen LogP contribution in [0.15, 0.2) is 48.5 Å². The molecule has 0 spiro atoms. The van der Waals surface area contributed by atoms with E-state index in [1.165, 1.54) is 18.2 Å². The highest BCUT2D eigenvalue weighted by Crippen LogP contribution is 2.32. The first kappa shape index (κ1) is 19.2. The van der Waals surface area contributed by atoms with Gasteiger partial charge in [0.2, 0.25) is 0 Å². The number of rotatable bonds is 4. The lowest BCUT2D eigenvalue weighted by atomic mass is 10.0. The lowest BCUT2D eigenvalue weighted by Gasteiger charge is -2.33. The molecule has 0 atom stereocenters. The van der Waals surface area contributed by atoms with Crippen molar-refractivity contribution in [2.24, 2.45) is 0 Å². The van der Waals surface area contributed by atoms with Gasteiger partial charge in [-0.05, 0) is 56.3 Å². The molecule has 1 aliphatic rings.